The Balaban J connectivity index is 3.38. The topological polar surface area (TPSA) is 54.5 Å². The summed E-state index contributed by atoms with van der Waals surface area (Å²) in [5.74, 6) is -1.28. The Morgan fingerprint density at radius 1 is 1.43 bits per heavy atom. The molecule has 0 aliphatic heterocycles. The summed E-state index contributed by atoms with van der Waals surface area (Å²) in [7, 11) is 1.11. The summed E-state index contributed by atoms with van der Waals surface area (Å²) < 4.78 is 36.5. The molecule has 1 amide bonds. The Morgan fingerprint density at radius 2 is 2.00 bits per heavy atom. The lowest BCUT2D eigenvalue weighted by Gasteiger charge is -2.26. The third-order valence-electron chi connectivity index (χ3n) is 2.85. The van der Waals surface area contributed by atoms with Crippen molar-refractivity contribution in [3.05, 3.63) is 28.0 Å². The molecule has 1 aromatic carbocycles. The SMILES string of the molecule is CCCN(C(=O)c1cc(F)c(Br)c(S(=O)(=O)Cl)c1)C(C)C. The molecule has 1 aromatic rings. The van der Waals surface area contributed by atoms with E-state index in [9.17, 15) is 17.6 Å². The first-order valence-electron chi connectivity index (χ1n) is 6.34. The normalized spacial score (nSPS) is 11.8. The van der Waals surface area contributed by atoms with Gasteiger partial charge < -0.3 is 4.90 Å². The second-order valence-electron chi connectivity index (χ2n) is 4.80. The first kappa shape index (κ1) is 18.4. The summed E-state index contributed by atoms with van der Waals surface area (Å²) in [6, 6.07) is 2.01. The molecule has 0 bridgehead atoms. The summed E-state index contributed by atoms with van der Waals surface area (Å²) in [4.78, 5) is 13.5. The maximum absolute atomic E-state index is 13.8. The maximum atomic E-state index is 13.8. The van der Waals surface area contributed by atoms with Crippen molar-refractivity contribution in [2.75, 3.05) is 6.54 Å². The monoisotopic (exact) mass is 399 g/mol. The minimum Gasteiger partial charge on any atom is -0.336 e. The van der Waals surface area contributed by atoms with Gasteiger partial charge in [0.2, 0.25) is 0 Å². The molecule has 1 rings (SSSR count). The van der Waals surface area contributed by atoms with Crippen LogP contribution in [0.1, 0.15) is 37.6 Å². The predicted molar refractivity (Wildman–Crippen MR) is 83.6 cm³/mol. The van der Waals surface area contributed by atoms with Gasteiger partial charge in [0.05, 0.1) is 4.47 Å². The number of benzene rings is 1. The first-order valence-corrected chi connectivity index (χ1v) is 9.44. The Bertz CT molecular complexity index is 649. The van der Waals surface area contributed by atoms with Crippen LogP contribution in [0.2, 0.25) is 0 Å². The highest BCUT2D eigenvalue weighted by Gasteiger charge is 2.24. The highest BCUT2D eigenvalue weighted by atomic mass is 79.9. The molecule has 0 heterocycles. The molecule has 0 atom stereocenters. The molecule has 0 radical (unpaired) electrons. The van der Waals surface area contributed by atoms with E-state index in [0.717, 1.165) is 18.6 Å². The average molecular weight is 401 g/mol. The van der Waals surface area contributed by atoms with Gasteiger partial charge in [-0.1, -0.05) is 6.92 Å². The second-order valence-corrected chi connectivity index (χ2v) is 8.13. The van der Waals surface area contributed by atoms with E-state index in [1.807, 2.05) is 20.8 Å². The zero-order valence-electron chi connectivity index (χ0n) is 11.9. The zero-order valence-corrected chi connectivity index (χ0v) is 15.0. The number of hydrogen-bond donors (Lipinski definition) is 0. The van der Waals surface area contributed by atoms with Crippen LogP contribution in [0.3, 0.4) is 0 Å². The van der Waals surface area contributed by atoms with Gasteiger partial charge in [0.1, 0.15) is 10.7 Å². The van der Waals surface area contributed by atoms with E-state index >= 15 is 0 Å². The smallest absolute Gasteiger partial charge is 0.262 e. The highest BCUT2D eigenvalue weighted by molar-refractivity contribution is 9.10. The molecule has 118 valence electrons. The van der Waals surface area contributed by atoms with Gasteiger partial charge in [-0.05, 0) is 48.3 Å². The summed E-state index contributed by atoms with van der Waals surface area (Å²) in [5, 5.41) is 0. The standard InChI is InChI=1S/C13H16BrClFNO3S/c1-4-5-17(8(2)3)13(18)9-6-10(16)12(14)11(7-9)21(15,19)20/h6-8H,4-5H2,1-3H3. The van der Waals surface area contributed by atoms with Gasteiger partial charge >= 0.3 is 0 Å². The average Bonchev–Trinajstić information content (AvgIpc) is 2.36. The van der Waals surface area contributed by atoms with Gasteiger partial charge in [0.25, 0.3) is 15.0 Å². The first-order chi connectivity index (χ1) is 9.59. The third-order valence-corrected chi connectivity index (χ3v) is 5.27. The molecule has 0 aromatic heterocycles. The summed E-state index contributed by atoms with van der Waals surface area (Å²) in [5.41, 5.74) is -0.0444. The van der Waals surface area contributed by atoms with Crippen molar-refractivity contribution in [1.82, 2.24) is 4.90 Å². The fraction of sp³-hybridized carbons (Fsp3) is 0.462. The van der Waals surface area contributed by atoms with Crippen molar-refractivity contribution in [3.8, 4) is 0 Å². The molecule has 0 aliphatic rings. The van der Waals surface area contributed by atoms with Gasteiger partial charge in [-0.25, -0.2) is 12.8 Å². The van der Waals surface area contributed by atoms with Gasteiger partial charge in [-0.2, -0.15) is 0 Å². The lowest BCUT2D eigenvalue weighted by Crippen LogP contribution is -2.37. The highest BCUT2D eigenvalue weighted by Crippen LogP contribution is 2.29. The van der Waals surface area contributed by atoms with E-state index in [0.29, 0.717) is 6.54 Å². The molecule has 8 heteroatoms. The van der Waals surface area contributed by atoms with Crippen LogP contribution in [-0.4, -0.2) is 31.8 Å². The van der Waals surface area contributed by atoms with Crippen molar-refractivity contribution in [3.63, 3.8) is 0 Å². The lowest BCUT2D eigenvalue weighted by atomic mass is 10.1. The number of amides is 1. The van der Waals surface area contributed by atoms with Crippen LogP contribution in [-0.2, 0) is 9.05 Å². The number of carbonyl (C=O) groups is 1. The molecule has 0 unspecified atom stereocenters. The van der Waals surface area contributed by atoms with Crippen molar-refractivity contribution in [1.29, 1.82) is 0 Å². The summed E-state index contributed by atoms with van der Waals surface area (Å²) in [6.07, 6.45) is 0.740. The molecule has 0 aliphatic carbocycles. The van der Waals surface area contributed by atoms with E-state index < -0.39 is 25.7 Å². The Morgan fingerprint density at radius 3 is 2.43 bits per heavy atom. The number of rotatable bonds is 5. The van der Waals surface area contributed by atoms with Crippen LogP contribution < -0.4 is 0 Å². The van der Waals surface area contributed by atoms with Crippen molar-refractivity contribution in [2.24, 2.45) is 0 Å². The lowest BCUT2D eigenvalue weighted by molar-refractivity contribution is 0.0705. The number of halogens is 3. The molecule has 4 nitrogen and oxygen atoms in total. The predicted octanol–water partition coefficient (Wildman–Crippen LogP) is 3.78. The Labute approximate surface area is 136 Å². The summed E-state index contributed by atoms with van der Waals surface area (Å²) >= 11 is 2.83. The number of nitrogens with zero attached hydrogens (tertiary/aromatic N) is 1. The van der Waals surface area contributed by atoms with E-state index in [1.165, 1.54) is 0 Å². The van der Waals surface area contributed by atoms with Crippen LogP contribution in [0.15, 0.2) is 21.5 Å². The summed E-state index contributed by atoms with van der Waals surface area (Å²) in [6.45, 7) is 6.08. The van der Waals surface area contributed by atoms with E-state index in [-0.39, 0.29) is 16.1 Å². The van der Waals surface area contributed by atoms with Crippen LogP contribution in [0, 0.1) is 5.82 Å². The van der Waals surface area contributed by atoms with E-state index in [1.54, 1.807) is 4.90 Å². The van der Waals surface area contributed by atoms with E-state index in [2.05, 4.69) is 15.9 Å². The molecule has 0 N–H and O–H groups in total. The third kappa shape index (κ3) is 4.40. The van der Waals surface area contributed by atoms with Crippen molar-refractivity contribution < 1.29 is 17.6 Å². The molecular formula is C13H16BrClFNO3S. The Kier molecular flexibility index (Phi) is 6.19. The molecule has 0 fully saturated rings. The van der Waals surface area contributed by atoms with Crippen molar-refractivity contribution in [2.45, 2.75) is 38.1 Å². The van der Waals surface area contributed by atoms with Crippen LogP contribution in [0.5, 0.6) is 0 Å². The van der Waals surface area contributed by atoms with Crippen LogP contribution in [0.4, 0.5) is 4.39 Å². The minimum absolute atomic E-state index is 0.0444. The van der Waals surface area contributed by atoms with E-state index in [4.69, 9.17) is 10.7 Å². The fourth-order valence-corrected chi connectivity index (χ4v) is 3.96. The molecule has 0 saturated heterocycles. The van der Waals surface area contributed by atoms with Crippen molar-refractivity contribution >= 4 is 41.6 Å². The van der Waals surface area contributed by atoms with Gasteiger partial charge in [0.15, 0.2) is 0 Å². The molecule has 21 heavy (non-hydrogen) atoms. The maximum Gasteiger partial charge on any atom is 0.262 e. The molecule has 0 saturated carbocycles. The molecular weight excluding hydrogens is 385 g/mol. The Hall–Kier alpha value is -0.660. The van der Waals surface area contributed by atoms with Crippen LogP contribution >= 0.6 is 26.6 Å². The quantitative estimate of drug-likeness (QED) is 0.707. The van der Waals surface area contributed by atoms with Gasteiger partial charge in [-0.3, -0.25) is 4.79 Å². The number of hydrogen-bond acceptors (Lipinski definition) is 3. The molecule has 0 spiro atoms. The van der Waals surface area contributed by atoms with Gasteiger partial charge in [0, 0.05) is 28.8 Å². The largest absolute Gasteiger partial charge is 0.336 e. The zero-order chi connectivity index (χ0) is 16.4. The fourth-order valence-electron chi connectivity index (χ4n) is 1.87. The minimum atomic E-state index is -4.16. The van der Waals surface area contributed by atoms with Gasteiger partial charge in [-0.15, -0.1) is 0 Å². The van der Waals surface area contributed by atoms with Crippen LogP contribution in [0.25, 0.3) is 0 Å². The second kappa shape index (κ2) is 7.07. The number of carbonyl (C=O) groups excluding carboxylic acids is 1.